The van der Waals surface area contributed by atoms with Gasteiger partial charge < -0.3 is 14.8 Å². The Morgan fingerprint density at radius 2 is 1.45 bits per heavy atom. The molecule has 0 aromatic heterocycles. The first-order valence-electron chi connectivity index (χ1n) is 10.4. The first-order chi connectivity index (χ1) is 15.9. The number of benzene rings is 3. The van der Waals surface area contributed by atoms with Crippen LogP contribution in [0.3, 0.4) is 0 Å². The van der Waals surface area contributed by atoms with Gasteiger partial charge >= 0.3 is 0 Å². The highest BCUT2D eigenvalue weighted by molar-refractivity contribution is 7.92. The number of ether oxygens (including phenoxy) is 2. The van der Waals surface area contributed by atoms with Gasteiger partial charge in [-0.25, -0.2) is 8.42 Å². The summed E-state index contributed by atoms with van der Waals surface area (Å²) < 4.78 is 39.4. The number of nitrogens with zero attached hydrogens (tertiary/aromatic N) is 1. The van der Waals surface area contributed by atoms with E-state index in [0.717, 1.165) is 4.31 Å². The molecule has 7 nitrogen and oxygen atoms in total. The standard InChI is InChI=1S/C24H25ClN2O5S/c1-3-31-22-11-7-5-9-20(22)26-24(28)17-27(21-10-6-8-12-23(21)32-4-2)33(29,30)19-15-13-18(25)14-16-19/h5-16H,3-4,17H2,1-2H3,(H,26,28). The van der Waals surface area contributed by atoms with Crippen LogP contribution in [0.25, 0.3) is 0 Å². The van der Waals surface area contributed by atoms with Crippen molar-refractivity contribution in [2.24, 2.45) is 0 Å². The zero-order chi connectivity index (χ0) is 23.8. The first-order valence-corrected chi connectivity index (χ1v) is 12.2. The summed E-state index contributed by atoms with van der Waals surface area (Å²) in [5.74, 6) is 0.307. The zero-order valence-electron chi connectivity index (χ0n) is 18.3. The predicted molar refractivity (Wildman–Crippen MR) is 130 cm³/mol. The lowest BCUT2D eigenvalue weighted by molar-refractivity contribution is -0.114. The average Bonchev–Trinajstić information content (AvgIpc) is 2.80. The van der Waals surface area contributed by atoms with Crippen molar-refractivity contribution in [3.63, 3.8) is 0 Å². The normalized spacial score (nSPS) is 11.0. The molecule has 0 saturated carbocycles. The molecule has 0 fully saturated rings. The van der Waals surface area contributed by atoms with Gasteiger partial charge in [0, 0.05) is 5.02 Å². The van der Waals surface area contributed by atoms with Crippen LogP contribution < -0.4 is 19.1 Å². The van der Waals surface area contributed by atoms with Crippen LogP contribution >= 0.6 is 11.6 Å². The zero-order valence-corrected chi connectivity index (χ0v) is 19.9. The average molecular weight is 489 g/mol. The molecule has 33 heavy (non-hydrogen) atoms. The SMILES string of the molecule is CCOc1ccccc1NC(=O)CN(c1ccccc1OCC)S(=O)(=O)c1ccc(Cl)cc1. The van der Waals surface area contributed by atoms with Crippen LogP contribution in [0.2, 0.25) is 5.02 Å². The third-order valence-corrected chi connectivity index (χ3v) is 6.61. The van der Waals surface area contributed by atoms with Crippen molar-refractivity contribution >= 4 is 38.9 Å². The lowest BCUT2D eigenvalue weighted by atomic mass is 10.2. The Labute approximate surface area is 198 Å². The van der Waals surface area contributed by atoms with Crippen LogP contribution in [-0.4, -0.2) is 34.1 Å². The Balaban J connectivity index is 1.99. The molecule has 0 saturated heterocycles. The molecule has 0 aliphatic carbocycles. The Morgan fingerprint density at radius 3 is 2.12 bits per heavy atom. The summed E-state index contributed by atoms with van der Waals surface area (Å²) in [6.45, 7) is 3.91. The van der Waals surface area contributed by atoms with Crippen LogP contribution in [0, 0.1) is 0 Å². The molecule has 0 heterocycles. The molecule has 0 unspecified atom stereocenters. The maximum Gasteiger partial charge on any atom is 0.264 e. The van der Waals surface area contributed by atoms with E-state index in [1.165, 1.54) is 24.3 Å². The van der Waals surface area contributed by atoms with Crippen molar-refractivity contribution in [3.05, 3.63) is 77.8 Å². The predicted octanol–water partition coefficient (Wildman–Crippen LogP) is 4.97. The number of carbonyl (C=O) groups is 1. The second-order valence-corrected chi connectivity index (χ2v) is 9.14. The Kier molecular flexibility index (Phi) is 8.19. The van der Waals surface area contributed by atoms with Crippen molar-refractivity contribution < 1.29 is 22.7 Å². The molecule has 3 aromatic carbocycles. The van der Waals surface area contributed by atoms with Crippen LogP contribution in [0.15, 0.2) is 77.7 Å². The number of sulfonamides is 1. The van der Waals surface area contributed by atoms with Crippen molar-refractivity contribution in [2.45, 2.75) is 18.7 Å². The van der Waals surface area contributed by atoms with E-state index in [1.54, 1.807) is 55.5 Å². The second kappa shape index (κ2) is 11.1. The smallest absolute Gasteiger partial charge is 0.264 e. The van der Waals surface area contributed by atoms with Crippen LogP contribution in [-0.2, 0) is 14.8 Å². The fourth-order valence-electron chi connectivity index (χ4n) is 3.15. The molecule has 174 valence electrons. The highest BCUT2D eigenvalue weighted by Crippen LogP contribution is 2.33. The van der Waals surface area contributed by atoms with Gasteiger partial charge in [0.1, 0.15) is 18.0 Å². The van der Waals surface area contributed by atoms with E-state index in [2.05, 4.69) is 5.32 Å². The lowest BCUT2D eigenvalue weighted by Gasteiger charge is -2.26. The summed E-state index contributed by atoms with van der Waals surface area (Å²) in [5.41, 5.74) is 0.703. The van der Waals surface area contributed by atoms with Gasteiger partial charge in [-0.1, -0.05) is 35.9 Å². The minimum Gasteiger partial charge on any atom is -0.492 e. The second-order valence-electron chi connectivity index (χ2n) is 6.84. The molecule has 0 bridgehead atoms. The summed E-state index contributed by atoms with van der Waals surface area (Å²) in [4.78, 5) is 13.0. The van der Waals surface area contributed by atoms with Gasteiger partial charge in [0.25, 0.3) is 10.0 Å². The summed E-state index contributed by atoms with van der Waals surface area (Å²) in [6, 6.07) is 19.4. The van der Waals surface area contributed by atoms with Gasteiger partial charge in [-0.05, 0) is 62.4 Å². The van der Waals surface area contributed by atoms with Crippen LogP contribution in [0.1, 0.15) is 13.8 Å². The molecule has 1 N–H and O–H groups in total. The number of para-hydroxylation sites is 4. The lowest BCUT2D eigenvalue weighted by Crippen LogP contribution is -2.38. The molecule has 9 heteroatoms. The highest BCUT2D eigenvalue weighted by Gasteiger charge is 2.29. The van der Waals surface area contributed by atoms with Gasteiger partial charge in [0.2, 0.25) is 5.91 Å². The maximum atomic E-state index is 13.6. The van der Waals surface area contributed by atoms with E-state index in [0.29, 0.717) is 35.4 Å². The van der Waals surface area contributed by atoms with E-state index in [4.69, 9.17) is 21.1 Å². The van der Waals surface area contributed by atoms with E-state index >= 15 is 0 Å². The summed E-state index contributed by atoms with van der Waals surface area (Å²) in [6.07, 6.45) is 0. The number of rotatable bonds is 10. The summed E-state index contributed by atoms with van der Waals surface area (Å²) in [7, 11) is -4.12. The molecule has 1 amide bonds. The minimum atomic E-state index is -4.12. The molecule has 3 rings (SSSR count). The van der Waals surface area contributed by atoms with E-state index in [1.807, 2.05) is 6.92 Å². The summed E-state index contributed by atoms with van der Waals surface area (Å²) >= 11 is 5.94. The number of hydrogen-bond donors (Lipinski definition) is 1. The Bertz CT molecular complexity index is 1200. The fraction of sp³-hybridized carbons (Fsp3) is 0.208. The van der Waals surface area contributed by atoms with Crippen molar-refractivity contribution in [3.8, 4) is 11.5 Å². The molecule has 0 atom stereocenters. The molecule has 0 aliphatic heterocycles. The minimum absolute atomic E-state index is 0.000665. The van der Waals surface area contributed by atoms with Crippen LogP contribution in [0.5, 0.6) is 11.5 Å². The molecule has 0 radical (unpaired) electrons. The highest BCUT2D eigenvalue weighted by atomic mass is 35.5. The Morgan fingerprint density at radius 1 is 0.879 bits per heavy atom. The molecular weight excluding hydrogens is 464 g/mol. The molecule has 3 aromatic rings. The van der Waals surface area contributed by atoms with Crippen LogP contribution in [0.4, 0.5) is 11.4 Å². The van der Waals surface area contributed by atoms with Gasteiger partial charge in [0.15, 0.2) is 0 Å². The number of halogens is 1. The third-order valence-electron chi connectivity index (χ3n) is 4.58. The van der Waals surface area contributed by atoms with E-state index < -0.39 is 22.5 Å². The largest absolute Gasteiger partial charge is 0.492 e. The summed E-state index contributed by atoms with van der Waals surface area (Å²) in [5, 5.41) is 3.15. The topological polar surface area (TPSA) is 84.9 Å². The number of hydrogen-bond acceptors (Lipinski definition) is 5. The monoisotopic (exact) mass is 488 g/mol. The number of carbonyl (C=O) groups excluding carboxylic acids is 1. The maximum absolute atomic E-state index is 13.6. The van der Waals surface area contributed by atoms with E-state index in [-0.39, 0.29) is 10.6 Å². The quantitative estimate of drug-likeness (QED) is 0.435. The van der Waals surface area contributed by atoms with Crippen molar-refractivity contribution in [1.29, 1.82) is 0 Å². The van der Waals surface area contributed by atoms with Crippen molar-refractivity contribution in [2.75, 3.05) is 29.4 Å². The van der Waals surface area contributed by atoms with Gasteiger partial charge in [-0.2, -0.15) is 0 Å². The molecule has 0 spiro atoms. The van der Waals surface area contributed by atoms with E-state index in [9.17, 15) is 13.2 Å². The fourth-order valence-corrected chi connectivity index (χ4v) is 4.70. The molecule has 0 aliphatic rings. The Hall–Kier alpha value is -3.23. The van der Waals surface area contributed by atoms with Gasteiger partial charge in [-0.15, -0.1) is 0 Å². The van der Waals surface area contributed by atoms with Gasteiger partial charge in [-0.3, -0.25) is 9.10 Å². The number of anilines is 2. The number of amides is 1. The van der Waals surface area contributed by atoms with Gasteiger partial charge in [0.05, 0.1) is 29.5 Å². The number of nitrogens with one attached hydrogen (secondary N) is 1. The van der Waals surface area contributed by atoms with Crippen molar-refractivity contribution in [1.82, 2.24) is 0 Å². The first kappa shape index (κ1) is 24.4. The third kappa shape index (κ3) is 5.97. The molecular formula is C24H25ClN2O5S.